The monoisotopic (exact) mass is 358 g/mol. The first-order chi connectivity index (χ1) is 11.7. The summed E-state index contributed by atoms with van der Waals surface area (Å²) in [6.45, 7) is 8.99. The van der Waals surface area contributed by atoms with E-state index < -0.39 is 24.0 Å². The second kappa shape index (κ2) is 13.2. The SMILES string of the molecule is CC(C)CCCCCOC(CCCCCC(C)C)(CC(=O)O)C(=O)O. The highest BCUT2D eigenvalue weighted by molar-refractivity contribution is 5.83. The van der Waals surface area contributed by atoms with Gasteiger partial charge < -0.3 is 14.9 Å². The van der Waals surface area contributed by atoms with E-state index in [1.165, 1.54) is 0 Å². The molecule has 0 spiro atoms. The van der Waals surface area contributed by atoms with Crippen molar-refractivity contribution in [2.75, 3.05) is 6.61 Å². The molecule has 0 aliphatic heterocycles. The lowest BCUT2D eigenvalue weighted by Crippen LogP contribution is -2.44. The topological polar surface area (TPSA) is 83.8 Å². The first kappa shape index (κ1) is 23.9. The third-order valence-corrected chi connectivity index (χ3v) is 4.49. The number of unbranched alkanes of at least 4 members (excludes halogenated alkanes) is 4. The number of ether oxygens (including phenoxy) is 1. The van der Waals surface area contributed by atoms with Gasteiger partial charge in [-0.25, -0.2) is 4.79 Å². The minimum absolute atomic E-state index is 0.263. The normalized spacial score (nSPS) is 14.0. The highest BCUT2D eigenvalue weighted by atomic mass is 16.5. The predicted octanol–water partition coefficient (Wildman–Crippen LogP) is 5.12. The van der Waals surface area contributed by atoms with Crippen molar-refractivity contribution in [2.24, 2.45) is 11.8 Å². The molecule has 5 nitrogen and oxygen atoms in total. The minimum atomic E-state index is -1.58. The lowest BCUT2D eigenvalue weighted by Gasteiger charge is -2.28. The van der Waals surface area contributed by atoms with E-state index in [1.54, 1.807) is 0 Å². The maximum Gasteiger partial charge on any atom is 0.336 e. The van der Waals surface area contributed by atoms with E-state index in [-0.39, 0.29) is 6.42 Å². The van der Waals surface area contributed by atoms with Crippen LogP contribution in [0.2, 0.25) is 0 Å². The predicted molar refractivity (Wildman–Crippen MR) is 99.8 cm³/mol. The Morgan fingerprint density at radius 2 is 1.36 bits per heavy atom. The highest BCUT2D eigenvalue weighted by Crippen LogP contribution is 2.26. The Labute approximate surface area is 153 Å². The van der Waals surface area contributed by atoms with Crippen LogP contribution in [-0.2, 0) is 14.3 Å². The zero-order chi connectivity index (χ0) is 19.3. The van der Waals surface area contributed by atoms with Crippen molar-refractivity contribution in [1.82, 2.24) is 0 Å². The minimum Gasteiger partial charge on any atom is -0.481 e. The number of carboxylic acids is 2. The van der Waals surface area contributed by atoms with E-state index in [0.717, 1.165) is 44.9 Å². The van der Waals surface area contributed by atoms with Crippen LogP contribution in [0.4, 0.5) is 0 Å². The Balaban J connectivity index is 4.46. The molecule has 2 N–H and O–H groups in total. The Bertz CT molecular complexity index is 378. The van der Waals surface area contributed by atoms with E-state index in [1.807, 2.05) is 0 Å². The van der Waals surface area contributed by atoms with Gasteiger partial charge in [0, 0.05) is 6.61 Å². The molecule has 0 heterocycles. The van der Waals surface area contributed by atoms with Gasteiger partial charge >= 0.3 is 11.9 Å². The zero-order valence-electron chi connectivity index (χ0n) is 16.6. The van der Waals surface area contributed by atoms with Crippen LogP contribution in [-0.4, -0.2) is 34.4 Å². The molecule has 25 heavy (non-hydrogen) atoms. The molecule has 0 fully saturated rings. The fraction of sp³-hybridized carbons (Fsp3) is 0.900. The van der Waals surface area contributed by atoms with E-state index in [2.05, 4.69) is 27.7 Å². The van der Waals surface area contributed by atoms with Crippen molar-refractivity contribution in [2.45, 2.75) is 97.5 Å². The number of rotatable bonds is 16. The molecule has 0 bridgehead atoms. The standard InChI is InChI=1S/C20H38O5/c1-16(2)11-7-5-9-13-20(19(23)24,15-18(21)22)25-14-10-6-8-12-17(3)4/h16-17H,5-15H2,1-4H3,(H,21,22)(H,23,24). The maximum atomic E-state index is 11.7. The van der Waals surface area contributed by atoms with E-state index in [0.29, 0.717) is 24.9 Å². The van der Waals surface area contributed by atoms with E-state index >= 15 is 0 Å². The number of hydrogen-bond acceptors (Lipinski definition) is 3. The molecule has 0 aromatic carbocycles. The lowest BCUT2D eigenvalue weighted by molar-refractivity contribution is -0.174. The highest BCUT2D eigenvalue weighted by Gasteiger charge is 2.41. The van der Waals surface area contributed by atoms with Crippen molar-refractivity contribution in [1.29, 1.82) is 0 Å². The fourth-order valence-corrected chi connectivity index (χ4v) is 2.94. The molecule has 0 aromatic rings. The van der Waals surface area contributed by atoms with Gasteiger partial charge in [0.15, 0.2) is 5.60 Å². The van der Waals surface area contributed by atoms with Gasteiger partial charge in [-0.15, -0.1) is 0 Å². The van der Waals surface area contributed by atoms with Crippen molar-refractivity contribution in [3.05, 3.63) is 0 Å². The van der Waals surface area contributed by atoms with Crippen LogP contribution >= 0.6 is 0 Å². The summed E-state index contributed by atoms with van der Waals surface area (Å²) in [5.74, 6) is -0.979. The quantitative estimate of drug-likeness (QED) is 0.374. The molecule has 0 aromatic heterocycles. The van der Waals surface area contributed by atoms with Gasteiger partial charge in [-0.3, -0.25) is 4.79 Å². The molecule has 1 unspecified atom stereocenters. The molecule has 1 atom stereocenters. The first-order valence-electron chi connectivity index (χ1n) is 9.78. The van der Waals surface area contributed by atoms with Gasteiger partial charge in [0.2, 0.25) is 0 Å². The van der Waals surface area contributed by atoms with Gasteiger partial charge in [-0.1, -0.05) is 66.2 Å². The van der Waals surface area contributed by atoms with E-state index in [9.17, 15) is 14.7 Å². The average Bonchev–Trinajstić information content (AvgIpc) is 2.48. The number of carbonyl (C=O) groups is 2. The van der Waals surface area contributed by atoms with Gasteiger partial charge in [0.25, 0.3) is 0 Å². The van der Waals surface area contributed by atoms with Crippen molar-refractivity contribution < 1.29 is 24.5 Å². The summed E-state index contributed by atoms with van der Waals surface area (Å²) >= 11 is 0. The van der Waals surface area contributed by atoms with Crippen LogP contribution < -0.4 is 0 Å². The lowest BCUT2D eigenvalue weighted by atomic mass is 9.91. The van der Waals surface area contributed by atoms with Crippen molar-refractivity contribution in [3.8, 4) is 0 Å². The van der Waals surface area contributed by atoms with E-state index in [4.69, 9.17) is 9.84 Å². The second-order valence-corrected chi connectivity index (χ2v) is 7.95. The van der Waals surface area contributed by atoms with Crippen LogP contribution in [0, 0.1) is 11.8 Å². The summed E-state index contributed by atoms with van der Waals surface area (Å²) in [6.07, 6.45) is 7.52. The molecule has 0 aliphatic rings. The van der Waals surface area contributed by atoms with Crippen LogP contribution in [0.15, 0.2) is 0 Å². The van der Waals surface area contributed by atoms with Gasteiger partial charge in [-0.05, 0) is 31.1 Å². The summed E-state index contributed by atoms with van der Waals surface area (Å²) in [5, 5.41) is 18.7. The summed E-state index contributed by atoms with van der Waals surface area (Å²) in [4.78, 5) is 22.9. The van der Waals surface area contributed by atoms with Crippen LogP contribution in [0.1, 0.15) is 91.9 Å². The first-order valence-corrected chi connectivity index (χ1v) is 9.78. The number of hydrogen-bond donors (Lipinski definition) is 2. The average molecular weight is 359 g/mol. The molecule has 5 heteroatoms. The number of carboxylic acid groups (broad SMARTS) is 2. The molecule has 0 saturated heterocycles. The van der Waals surface area contributed by atoms with Crippen LogP contribution in [0.5, 0.6) is 0 Å². The summed E-state index contributed by atoms with van der Waals surface area (Å²) in [5.41, 5.74) is -1.58. The Morgan fingerprint density at radius 1 is 0.840 bits per heavy atom. The number of aliphatic carboxylic acids is 2. The fourth-order valence-electron chi connectivity index (χ4n) is 2.94. The maximum absolute atomic E-state index is 11.7. The third-order valence-electron chi connectivity index (χ3n) is 4.49. The van der Waals surface area contributed by atoms with Crippen LogP contribution in [0.3, 0.4) is 0 Å². The molecule has 148 valence electrons. The van der Waals surface area contributed by atoms with Crippen molar-refractivity contribution >= 4 is 11.9 Å². The molecule has 0 radical (unpaired) electrons. The van der Waals surface area contributed by atoms with Crippen LogP contribution in [0.25, 0.3) is 0 Å². The molecular weight excluding hydrogens is 320 g/mol. The van der Waals surface area contributed by atoms with Gasteiger partial charge in [0.05, 0.1) is 6.42 Å². The van der Waals surface area contributed by atoms with Gasteiger partial charge in [-0.2, -0.15) is 0 Å². The zero-order valence-corrected chi connectivity index (χ0v) is 16.6. The molecule has 0 amide bonds. The summed E-state index contributed by atoms with van der Waals surface area (Å²) in [6, 6.07) is 0. The van der Waals surface area contributed by atoms with Gasteiger partial charge in [0.1, 0.15) is 0 Å². The van der Waals surface area contributed by atoms with Crippen molar-refractivity contribution in [3.63, 3.8) is 0 Å². The molecule has 0 rings (SSSR count). The Kier molecular flexibility index (Phi) is 12.6. The smallest absolute Gasteiger partial charge is 0.336 e. The third kappa shape index (κ3) is 12.0. The molecule has 0 aliphatic carbocycles. The summed E-state index contributed by atoms with van der Waals surface area (Å²) in [7, 11) is 0. The molecular formula is C20H38O5. The Morgan fingerprint density at radius 3 is 1.80 bits per heavy atom. The summed E-state index contributed by atoms with van der Waals surface area (Å²) < 4.78 is 5.66. The molecule has 0 saturated carbocycles. The second-order valence-electron chi connectivity index (χ2n) is 7.95. The largest absolute Gasteiger partial charge is 0.481 e. The Hall–Kier alpha value is -1.10.